The minimum atomic E-state index is -0.554. The van der Waals surface area contributed by atoms with Crippen molar-refractivity contribution in [2.45, 2.75) is 57.3 Å². The van der Waals surface area contributed by atoms with Gasteiger partial charge in [-0.1, -0.05) is 18.6 Å². The van der Waals surface area contributed by atoms with E-state index in [1.54, 1.807) is 43.5 Å². The van der Waals surface area contributed by atoms with Crippen LogP contribution in [0.1, 0.15) is 73.2 Å². The third kappa shape index (κ3) is 5.23. The molecule has 0 radical (unpaired) electrons. The number of ether oxygens (including phenoxy) is 2. The molecule has 3 nitrogen and oxygen atoms in total. The summed E-state index contributed by atoms with van der Waals surface area (Å²) in [5.41, 5.74) is 0.983. The molecule has 0 saturated heterocycles. The molecule has 170 valence electrons. The monoisotopic (exact) mass is 436 g/mol. The number of carbonyl (C=O) groups excluding carboxylic acids is 1. The van der Waals surface area contributed by atoms with Crippen molar-refractivity contribution in [3.05, 3.63) is 72.1 Å². The second-order valence-electron chi connectivity index (χ2n) is 9.38. The van der Waals surface area contributed by atoms with Crippen LogP contribution in [0.2, 0.25) is 0 Å². The first kappa shape index (κ1) is 22.6. The highest BCUT2D eigenvalue weighted by Gasteiger charge is 2.36. The van der Waals surface area contributed by atoms with Crippen molar-refractivity contribution in [1.82, 2.24) is 0 Å². The van der Waals surface area contributed by atoms with Gasteiger partial charge in [-0.15, -0.1) is 6.58 Å². The number of fused-ring (bicyclic) bond motifs is 1. The summed E-state index contributed by atoms with van der Waals surface area (Å²) < 4.78 is 25.5. The molecular formula is C28H33FO3. The summed E-state index contributed by atoms with van der Waals surface area (Å²) in [5, 5.41) is 0. The molecule has 2 fully saturated rings. The van der Waals surface area contributed by atoms with Crippen LogP contribution < -0.4 is 9.47 Å². The number of rotatable bonds is 7. The first-order valence-electron chi connectivity index (χ1n) is 11.8. The Hall–Kier alpha value is -2.62. The van der Waals surface area contributed by atoms with Gasteiger partial charge in [-0.3, -0.25) is 0 Å². The van der Waals surface area contributed by atoms with Crippen molar-refractivity contribution in [1.29, 1.82) is 0 Å². The van der Waals surface area contributed by atoms with E-state index < -0.39 is 5.97 Å². The van der Waals surface area contributed by atoms with Crippen LogP contribution in [-0.2, 0) is 0 Å². The standard InChI is InChI=1S/C28H33FO3/c1-3-4-5-19-6-7-21-17-22(9-8-20(21)16-19)26-15-10-23(18-27(26)29)28(30)32-25-13-11-24(31-2)12-14-25/h3,10-15,18-22H,1,4-9,16-17H2,2H3. The van der Waals surface area contributed by atoms with Gasteiger partial charge in [0, 0.05) is 0 Å². The average Bonchev–Trinajstić information content (AvgIpc) is 2.82. The summed E-state index contributed by atoms with van der Waals surface area (Å²) in [6.07, 6.45) is 11.6. The van der Waals surface area contributed by atoms with Crippen molar-refractivity contribution in [3.8, 4) is 11.5 Å². The van der Waals surface area contributed by atoms with E-state index in [4.69, 9.17) is 9.47 Å². The molecular weight excluding hydrogens is 403 g/mol. The molecule has 4 atom stereocenters. The van der Waals surface area contributed by atoms with Gasteiger partial charge in [0.25, 0.3) is 0 Å². The van der Waals surface area contributed by atoms with E-state index in [0.29, 0.717) is 17.4 Å². The lowest BCUT2D eigenvalue weighted by Gasteiger charge is -2.42. The van der Waals surface area contributed by atoms with E-state index in [1.165, 1.54) is 38.2 Å². The Kier molecular flexibility index (Phi) is 7.29. The Morgan fingerprint density at radius 2 is 1.75 bits per heavy atom. The van der Waals surface area contributed by atoms with E-state index in [9.17, 15) is 4.79 Å². The molecule has 0 spiro atoms. The van der Waals surface area contributed by atoms with Crippen LogP contribution in [0.15, 0.2) is 55.1 Å². The van der Waals surface area contributed by atoms with E-state index >= 15 is 4.39 Å². The van der Waals surface area contributed by atoms with Gasteiger partial charge >= 0.3 is 5.97 Å². The lowest BCUT2D eigenvalue weighted by molar-refractivity contribution is 0.0734. The SMILES string of the molecule is C=CCCC1CCC2CC(c3ccc(C(=O)Oc4ccc(OC)cc4)cc3F)CCC2C1. The minimum absolute atomic E-state index is 0.235. The Morgan fingerprint density at radius 1 is 1.03 bits per heavy atom. The van der Waals surface area contributed by atoms with Gasteiger partial charge in [0.1, 0.15) is 17.3 Å². The number of hydrogen-bond acceptors (Lipinski definition) is 3. The summed E-state index contributed by atoms with van der Waals surface area (Å²) in [6.45, 7) is 3.85. The lowest BCUT2D eigenvalue weighted by atomic mass is 9.63. The van der Waals surface area contributed by atoms with Crippen molar-refractivity contribution < 1.29 is 18.7 Å². The number of carbonyl (C=O) groups is 1. The fourth-order valence-corrected chi connectivity index (χ4v) is 5.68. The Bertz CT molecular complexity index is 936. The van der Waals surface area contributed by atoms with Crippen molar-refractivity contribution in [2.75, 3.05) is 7.11 Å². The first-order valence-corrected chi connectivity index (χ1v) is 11.8. The van der Waals surface area contributed by atoms with Crippen LogP contribution in [0.25, 0.3) is 0 Å². The molecule has 2 aliphatic carbocycles. The van der Waals surface area contributed by atoms with E-state index in [1.807, 2.05) is 6.08 Å². The second-order valence-corrected chi connectivity index (χ2v) is 9.38. The predicted molar refractivity (Wildman–Crippen MR) is 125 cm³/mol. The Morgan fingerprint density at radius 3 is 2.47 bits per heavy atom. The van der Waals surface area contributed by atoms with E-state index in [0.717, 1.165) is 36.7 Å². The molecule has 0 N–H and O–H groups in total. The average molecular weight is 437 g/mol. The zero-order chi connectivity index (χ0) is 22.5. The highest BCUT2D eigenvalue weighted by Crippen LogP contribution is 2.48. The summed E-state index contributed by atoms with van der Waals surface area (Å²) in [5.74, 6) is 2.80. The summed E-state index contributed by atoms with van der Waals surface area (Å²) >= 11 is 0. The third-order valence-corrected chi connectivity index (χ3v) is 7.45. The molecule has 0 heterocycles. The Balaban J connectivity index is 1.37. The van der Waals surface area contributed by atoms with E-state index in [2.05, 4.69) is 6.58 Å². The van der Waals surface area contributed by atoms with Crippen LogP contribution in [0, 0.1) is 23.6 Å². The fraction of sp³-hybridized carbons (Fsp3) is 0.464. The van der Waals surface area contributed by atoms with Crippen molar-refractivity contribution in [3.63, 3.8) is 0 Å². The maximum absolute atomic E-state index is 15.0. The zero-order valence-electron chi connectivity index (χ0n) is 18.9. The fourth-order valence-electron chi connectivity index (χ4n) is 5.68. The maximum Gasteiger partial charge on any atom is 0.343 e. The molecule has 2 saturated carbocycles. The minimum Gasteiger partial charge on any atom is -0.497 e. The predicted octanol–water partition coefficient (Wildman–Crippen LogP) is 7.32. The summed E-state index contributed by atoms with van der Waals surface area (Å²) in [4.78, 5) is 12.5. The van der Waals surface area contributed by atoms with Crippen molar-refractivity contribution >= 4 is 5.97 Å². The van der Waals surface area contributed by atoms with Crippen LogP contribution in [0.5, 0.6) is 11.5 Å². The zero-order valence-corrected chi connectivity index (χ0v) is 18.9. The quantitative estimate of drug-likeness (QED) is 0.259. The number of allylic oxidation sites excluding steroid dienone is 1. The smallest absolute Gasteiger partial charge is 0.343 e. The number of hydrogen-bond donors (Lipinski definition) is 0. The van der Waals surface area contributed by atoms with Crippen LogP contribution in [0.4, 0.5) is 4.39 Å². The molecule has 0 amide bonds. The number of methoxy groups -OCH3 is 1. The highest BCUT2D eigenvalue weighted by atomic mass is 19.1. The molecule has 4 heteroatoms. The second kappa shape index (κ2) is 10.3. The maximum atomic E-state index is 15.0. The molecule has 0 aliphatic heterocycles. The van der Waals surface area contributed by atoms with Crippen molar-refractivity contribution in [2.24, 2.45) is 17.8 Å². The molecule has 0 bridgehead atoms. The molecule has 2 aromatic carbocycles. The van der Waals surface area contributed by atoms with Crippen LogP contribution in [-0.4, -0.2) is 13.1 Å². The van der Waals surface area contributed by atoms with Gasteiger partial charge in [-0.2, -0.15) is 0 Å². The van der Waals surface area contributed by atoms with Gasteiger partial charge in [-0.05, 0) is 111 Å². The summed E-state index contributed by atoms with van der Waals surface area (Å²) in [6, 6.07) is 11.6. The summed E-state index contributed by atoms with van der Waals surface area (Å²) in [7, 11) is 1.58. The highest BCUT2D eigenvalue weighted by molar-refractivity contribution is 5.91. The first-order chi connectivity index (χ1) is 15.6. The molecule has 0 aromatic heterocycles. The molecule has 4 rings (SSSR count). The van der Waals surface area contributed by atoms with Gasteiger partial charge in [0.05, 0.1) is 12.7 Å². The molecule has 2 aliphatic rings. The molecule has 4 unspecified atom stereocenters. The van der Waals surface area contributed by atoms with E-state index in [-0.39, 0.29) is 17.3 Å². The third-order valence-electron chi connectivity index (χ3n) is 7.45. The molecule has 2 aromatic rings. The van der Waals surface area contributed by atoms with Gasteiger partial charge in [-0.25, -0.2) is 9.18 Å². The number of halogens is 1. The number of esters is 1. The van der Waals surface area contributed by atoms with Gasteiger partial charge in [0.2, 0.25) is 0 Å². The number of benzene rings is 2. The molecule has 32 heavy (non-hydrogen) atoms. The lowest BCUT2D eigenvalue weighted by Crippen LogP contribution is -2.30. The van der Waals surface area contributed by atoms with Gasteiger partial charge < -0.3 is 9.47 Å². The largest absolute Gasteiger partial charge is 0.497 e. The van der Waals surface area contributed by atoms with Crippen LogP contribution >= 0.6 is 0 Å². The Labute approximate surface area is 190 Å². The normalized spacial score (nSPS) is 24.9. The van der Waals surface area contributed by atoms with Crippen LogP contribution in [0.3, 0.4) is 0 Å². The van der Waals surface area contributed by atoms with Gasteiger partial charge in [0.15, 0.2) is 0 Å². The topological polar surface area (TPSA) is 35.5 Å².